The summed E-state index contributed by atoms with van der Waals surface area (Å²) >= 11 is 0. The van der Waals surface area contributed by atoms with Crippen LogP contribution in [-0.2, 0) is 35.3 Å². The summed E-state index contributed by atoms with van der Waals surface area (Å²) in [5.41, 5.74) is 5.55. The van der Waals surface area contributed by atoms with E-state index < -0.39 is 53.5 Å². The second kappa shape index (κ2) is 15.7. The molecule has 0 heterocycles. The summed E-state index contributed by atoms with van der Waals surface area (Å²) in [4.78, 5) is 62.8. The number of ether oxygens (including phenoxy) is 2. The Morgan fingerprint density at radius 1 is 0.897 bits per heavy atom. The standard InChI is InChI=1S/C28H44N4O7/c1-8-18(4)23(31-25(35)22(17(2)3)32-27(37)39-28(5,6)7)26(36)30-20(24(29)34)14-15-21(33)38-16-19-12-10-9-11-13-19/h9-13,17-18,20,22-23H,8,14-16H2,1-7H3,(H2,29,34)(H,30,36)(H,31,35)(H,32,37)/t18-,20-,22-,23-/m0/s1. The van der Waals surface area contributed by atoms with Crippen LogP contribution in [0.15, 0.2) is 30.3 Å². The molecule has 11 heteroatoms. The Morgan fingerprint density at radius 2 is 1.49 bits per heavy atom. The first kappa shape index (κ1) is 33.4. The van der Waals surface area contributed by atoms with Crippen molar-refractivity contribution in [3.63, 3.8) is 0 Å². The van der Waals surface area contributed by atoms with E-state index in [2.05, 4.69) is 16.0 Å². The highest BCUT2D eigenvalue weighted by Gasteiger charge is 2.33. The van der Waals surface area contributed by atoms with Crippen molar-refractivity contribution in [1.29, 1.82) is 0 Å². The number of benzene rings is 1. The Labute approximate surface area is 230 Å². The highest BCUT2D eigenvalue weighted by molar-refractivity contribution is 5.94. The Bertz CT molecular complexity index is 976. The van der Waals surface area contributed by atoms with Crippen LogP contribution in [0.4, 0.5) is 4.79 Å². The second-order valence-corrected chi connectivity index (χ2v) is 10.9. The third kappa shape index (κ3) is 12.6. The monoisotopic (exact) mass is 548 g/mol. The largest absolute Gasteiger partial charge is 0.461 e. The van der Waals surface area contributed by atoms with Crippen molar-refractivity contribution in [3.8, 4) is 0 Å². The molecule has 39 heavy (non-hydrogen) atoms. The zero-order valence-electron chi connectivity index (χ0n) is 24.0. The van der Waals surface area contributed by atoms with E-state index in [1.54, 1.807) is 41.5 Å². The first-order valence-electron chi connectivity index (χ1n) is 13.2. The molecule has 0 bridgehead atoms. The molecule has 1 aromatic carbocycles. The van der Waals surface area contributed by atoms with E-state index >= 15 is 0 Å². The molecular formula is C28H44N4O7. The van der Waals surface area contributed by atoms with Gasteiger partial charge in [0, 0.05) is 6.42 Å². The second-order valence-electron chi connectivity index (χ2n) is 10.9. The summed E-state index contributed by atoms with van der Waals surface area (Å²) in [6, 6.07) is 6.00. The maximum absolute atomic E-state index is 13.2. The molecule has 0 unspecified atom stereocenters. The molecule has 218 valence electrons. The predicted octanol–water partition coefficient (Wildman–Crippen LogP) is 2.56. The summed E-state index contributed by atoms with van der Waals surface area (Å²) in [6.07, 6.45) is -0.424. The van der Waals surface area contributed by atoms with E-state index in [0.717, 1.165) is 5.56 Å². The van der Waals surface area contributed by atoms with Gasteiger partial charge < -0.3 is 31.2 Å². The fourth-order valence-corrected chi connectivity index (χ4v) is 3.53. The van der Waals surface area contributed by atoms with Gasteiger partial charge in [0.25, 0.3) is 0 Å². The molecule has 0 aliphatic carbocycles. The maximum atomic E-state index is 13.2. The molecule has 4 atom stereocenters. The Kier molecular flexibility index (Phi) is 13.4. The van der Waals surface area contributed by atoms with Crippen molar-refractivity contribution in [3.05, 3.63) is 35.9 Å². The van der Waals surface area contributed by atoms with Gasteiger partial charge in [0.2, 0.25) is 17.7 Å². The number of hydrogen-bond donors (Lipinski definition) is 4. The molecule has 0 saturated heterocycles. The first-order valence-corrected chi connectivity index (χ1v) is 13.2. The minimum Gasteiger partial charge on any atom is -0.461 e. The van der Waals surface area contributed by atoms with Gasteiger partial charge in [0.05, 0.1) is 0 Å². The van der Waals surface area contributed by atoms with E-state index in [1.807, 2.05) is 37.3 Å². The van der Waals surface area contributed by atoms with Crippen molar-refractivity contribution in [2.75, 3.05) is 0 Å². The van der Waals surface area contributed by atoms with Crippen molar-refractivity contribution < 1.29 is 33.4 Å². The molecular weight excluding hydrogens is 504 g/mol. The fraction of sp³-hybridized carbons (Fsp3) is 0.607. The number of esters is 1. The molecule has 1 rings (SSSR count). The number of carbonyl (C=O) groups is 5. The van der Waals surface area contributed by atoms with Gasteiger partial charge in [-0.3, -0.25) is 19.2 Å². The van der Waals surface area contributed by atoms with Gasteiger partial charge in [-0.2, -0.15) is 0 Å². The van der Waals surface area contributed by atoms with Gasteiger partial charge in [-0.25, -0.2) is 4.79 Å². The Morgan fingerprint density at radius 3 is 2.00 bits per heavy atom. The van der Waals surface area contributed by atoms with Gasteiger partial charge in [-0.15, -0.1) is 0 Å². The molecule has 0 fully saturated rings. The molecule has 1 aromatic rings. The topological polar surface area (TPSA) is 166 Å². The van der Waals surface area contributed by atoms with Crippen molar-refractivity contribution in [2.24, 2.45) is 17.6 Å². The Balaban J connectivity index is 2.84. The van der Waals surface area contributed by atoms with Crippen LogP contribution >= 0.6 is 0 Å². The molecule has 5 N–H and O–H groups in total. The number of primary amides is 1. The number of alkyl carbamates (subject to hydrolysis) is 1. The highest BCUT2D eigenvalue weighted by atomic mass is 16.6. The average molecular weight is 549 g/mol. The SMILES string of the molecule is CC[C@H](C)[C@H](NC(=O)[C@@H](NC(=O)OC(C)(C)C)C(C)C)C(=O)N[C@@H](CCC(=O)OCc1ccccc1)C(N)=O. The first-order chi connectivity index (χ1) is 18.1. The van der Waals surface area contributed by atoms with Crippen LogP contribution in [0.3, 0.4) is 0 Å². The van der Waals surface area contributed by atoms with Crippen molar-refractivity contribution in [2.45, 2.75) is 98.1 Å². The zero-order chi connectivity index (χ0) is 29.8. The summed E-state index contributed by atoms with van der Waals surface area (Å²) in [5.74, 6) is -3.18. The van der Waals surface area contributed by atoms with E-state index in [0.29, 0.717) is 6.42 Å². The summed E-state index contributed by atoms with van der Waals surface area (Å²) in [5, 5.41) is 7.82. The van der Waals surface area contributed by atoms with E-state index in [-0.39, 0.29) is 31.3 Å². The molecule has 0 spiro atoms. The lowest BCUT2D eigenvalue weighted by Crippen LogP contribution is -2.59. The summed E-state index contributed by atoms with van der Waals surface area (Å²) < 4.78 is 10.5. The van der Waals surface area contributed by atoms with Crippen LogP contribution in [0.5, 0.6) is 0 Å². The van der Waals surface area contributed by atoms with Crippen LogP contribution < -0.4 is 21.7 Å². The van der Waals surface area contributed by atoms with Gasteiger partial charge in [0.15, 0.2) is 0 Å². The third-order valence-corrected chi connectivity index (χ3v) is 5.95. The van der Waals surface area contributed by atoms with Crippen LogP contribution in [0.25, 0.3) is 0 Å². The molecule has 0 saturated carbocycles. The maximum Gasteiger partial charge on any atom is 0.408 e. The van der Waals surface area contributed by atoms with Crippen LogP contribution in [0.1, 0.15) is 73.3 Å². The zero-order valence-corrected chi connectivity index (χ0v) is 24.0. The van der Waals surface area contributed by atoms with Crippen molar-refractivity contribution >= 4 is 29.8 Å². The summed E-state index contributed by atoms with van der Waals surface area (Å²) in [7, 11) is 0. The van der Waals surface area contributed by atoms with Crippen LogP contribution in [-0.4, -0.2) is 53.5 Å². The Hall–Kier alpha value is -3.63. The van der Waals surface area contributed by atoms with E-state index in [1.165, 1.54) is 0 Å². The molecule has 0 radical (unpaired) electrons. The lowest BCUT2D eigenvalue weighted by Gasteiger charge is -2.29. The lowest BCUT2D eigenvalue weighted by atomic mass is 9.96. The van der Waals surface area contributed by atoms with Gasteiger partial charge >= 0.3 is 12.1 Å². The van der Waals surface area contributed by atoms with Gasteiger partial charge in [-0.05, 0) is 44.6 Å². The minimum absolute atomic E-state index is 0.0648. The predicted molar refractivity (Wildman–Crippen MR) is 146 cm³/mol. The van der Waals surface area contributed by atoms with Crippen LogP contribution in [0.2, 0.25) is 0 Å². The van der Waals surface area contributed by atoms with E-state index in [9.17, 15) is 24.0 Å². The summed E-state index contributed by atoms with van der Waals surface area (Å²) in [6.45, 7) is 12.3. The minimum atomic E-state index is -1.15. The molecule has 11 nitrogen and oxygen atoms in total. The highest BCUT2D eigenvalue weighted by Crippen LogP contribution is 2.13. The van der Waals surface area contributed by atoms with Gasteiger partial charge in [-0.1, -0.05) is 64.4 Å². The number of hydrogen-bond acceptors (Lipinski definition) is 7. The number of rotatable bonds is 14. The smallest absolute Gasteiger partial charge is 0.408 e. The number of nitrogens with two attached hydrogens (primary N) is 1. The van der Waals surface area contributed by atoms with Crippen molar-refractivity contribution in [1.82, 2.24) is 16.0 Å². The third-order valence-electron chi connectivity index (χ3n) is 5.95. The normalized spacial score (nSPS) is 14.4. The number of amides is 4. The van der Waals surface area contributed by atoms with Gasteiger partial charge in [0.1, 0.15) is 30.3 Å². The molecule has 0 aromatic heterocycles. The van der Waals surface area contributed by atoms with E-state index in [4.69, 9.17) is 15.2 Å². The molecule has 4 amide bonds. The molecule has 0 aliphatic rings. The number of nitrogens with one attached hydrogen (secondary N) is 3. The van der Waals surface area contributed by atoms with Crippen LogP contribution in [0, 0.1) is 11.8 Å². The average Bonchev–Trinajstić information content (AvgIpc) is 2.85. The fourth-order valence-electron chi connectivity index (χ4n) is 3.53. The molecule has 0 aliphatic heterocycles. The number of carbonyl (C=O) groups excluding carboxylic acids is 5. The quantitative estimate of drug-likeness (QED) is 0.259. The lowest BCUT2D eigenvalue weighted by molar-refractivity contribution is -0.145.